The molecule has 0 aliphatic rings. The van der Waals surface area contributed by atoms with Gasteiger partial charge in [-0.2, -0.15) is 0 Å². The lowest BCUT2D eigenvalue weighted by Crippen LogP contribution is -2.18. The normalized spacial score (nSPS) is 10.7. The van der Waals surface area contributed by atoms with Crippen LogP contribution in [0.15, 0.2) is 48.8 Å². The number of methoxy groups -OCH3 is 1. The van der Waals surface area contributed by atoms with Gasteiger partial charge in [-0.1, -0.05) is 31.0 Å². The molecule has 0 aliphatic heterocycles. The highest BCUT2D eigenvalue weighted by atomic mass is 16.5. The van der Waals surface area contributed by atoms with E-state index < -0.39 is 0 Å². The predicted octanol–water partition coefficient (Wildman–Crippen LogP) is 4.63. The molecule has 0 unspecified atom stereocenters. The molecular weight excluding hydrogens is 408 g/mol. The van der Waals surface area contributed by atoms with Crippen LogP contribution in [0.5, 0.6) is 11.5 Å². The van der Waals surface area contributed by atoms with Crippen LogP contribution in [0.1, 0.15) is 39.0 Å². The van der Waals surface area contributed by atoms with Crippen molar-refractivity contribution in [1.29, 1.82) is 0 Å². The van der Waals surface area contributed by atoms with Crippen molar-refractivity contribution in [3.8, 4) is 11.5 Å². The van der Waals surface area contributed by atoms with E-state index in [0.717, 1.165) is 54.6 Å². The number of benzene rings is 2. The molecule has 2 aromatic carbocycles. The molecule has 3 aromatic rings. The van der Waals surface area contributed by atoms with Crippen LogP contribution in [0.2, 0.25) is 0 Å². The molecule has 0 saturated carbocycles. The summed E-state index contributed by atoms with van der Waals surface area (Å²) in [5.41, 5.74) is 3.50. The van der Waals surface area contributed by atoms with Crippen molar-refractivity contribution in [2.75, 3.05) is 25.2 Å². The van der Waals surface area contributed by atoms with Crippen LogP contribution in [-0.2, 0) is 4.79 Å². The molecule has 170 valence electrons. The molecule has 32 heavy (non-hydrogen) atoms. The highest BCUT2D eigenvalue weighted by Crippen LogP contribution is 2.36. The maximum absolute atomic E-state index is 11.0. The van der Waals surface area contributed by atoms with Crippen LogP contribution in [-0.4, -0.2) is 41.3 Å². The lowest BCUT2D eigenvalue weighted by atomic mass is 10.1. The minimum absolute atomic E-state index is 0.327. The number of hydrogen-bond donors (Lipinski definition) is 2. The van der Waals surface area contributed by atoms with Crippen LogP contribution in [0.25, 0.3) is 10.9 Å². The standard InChI is InChI=1S/C24H30N4O4/c1-3-28(18-11-7-6-8-12-18)24-19-15-22(21(31-2)16-20(19)25-17-26-24)32-14-10-5-4-9-13-23(29)27-30/h6-8,11-12,15-17,30H,3-5,9-10,13-14H2,1-2H3,(H,27,29). The fourth-order valence-electron chi connectivity index (χ4n) is 3.58. The fourth-order valence-corrected chi connectivity index (χ4v) is 3.58. The number of rotatable bonds is 12. The van der Waals surface area contributed by atoms with Crippen LogP contribution < -0.4 is 19.9 Å². The summed E-state index contributed by atoms with van der Waals surface area (Å²) < 4.78 is 11.6. The minimum Gasteiger partial charge on any atom is -0.493 e. The quantitative estimate of drug-likeness (QED) is 0.242. The average Bonchev–Trinajstić information content (AvgIpc) is 2.84. The number of anilines is 2. The number of ether oxygens (including phenoxy) is 2. The van der Waals surface area contributed by atoms with E-state index in [9.17, 15) is 4.79 Å². The fraction of sp³-hybridized carbons (Fsp3) is 0.375. The smallest absolute Gasteiger partial charge is 0.243 e. The zero-order valence-corrected chi connectivity index (χ0v) is 18.6. The third-order valence-electron chi connectivity index (χ3n) is 5.22. The van der Waals surface area contributed by atoms with Gasteiger partial charge in [0, 0.05) is 30.1 Å². The highest BCUT2D eigenvalue weighted by molar-refractivity contribution is 5.93. The van der Waals surface area contributed by atoms with Gasteiger partial charge in [-0.3, -0.25) is 10.0 Å². The number of para-hydroxylation sites is 1. The Hall–Kier alpha value is -3.39. The molecular formula is C24H30N4O4. The second kappa shape index (κ2) is 11.9. The molecule has 8 nitrogen and oxygen atoms in total. The summed E-state index contributed by atoms with van der Waals surface area (Å²) in [6, 6.07) is 14.0. The molecule has 0 saturated heterocycles. The predicted molar refractivity (Wildman–Crippen MR) is 124 cm³/mol. The Balaban J connectivity index is 1.74. The lowest BCUT2D eigenvalue weighted by Gasteiger charge is -2.23. The molecule has 0 radical (unpaired) electrons. The number of nitrogens with zero attached hydrogens (tertiary/aromatic N) is 3. The van der Waals surface area contributed by atoms with E-state index in [1.165, 1.54) is 0 Å². The number of unbranched alkanes of at least 4 members (excludes halogenated alkanes) is 3. The monoisotopic (exact) mass is 438 g/mol. The Labute approximate surface area is 188 Å². The molecule has 0 aliphatic carbocycles. The topological polar surface area (TPSA) is 96.8 Å². The van der Waals surface area contributed by atoms with Crippen molar-refractivity contribution in [3.63, 3.8) is 0 Å². The molecule has 1 amide bonds. The van der Waals surface area contributed by atoms with Gasteiger partial charge in [0.15, 0.2) is 11.5 Å². The summed E-state index contributed by atoms with van der Waals surface area (Å²) in [5, 5.41) is 9.41. The van der Waals surface area contributed by atoms with Crippen LogP contribution in [0.3, 0.4) is 0 Å². The van der Waals surface area contributed by atoms with Gasteiger partial charge >= 0.3 is 0 Å². The second-order valence-electron chi connectivity index (χ2n) is 7.34. The van der Waals surface area contributed by atoms with E-state index in [2.05, 4.69) is 33.9 Å². The number of nitrogens with one attached hydrogen (secondary N) is 1. The molecule has 2 N–H and O–H groups in total. The maximum Gasteiger partial charge on any atom is 0.243 e. The molecule has 1 heterocycles. The van der Waals surface area contributed by atoms with Gasteiger partial charge < -0.3 is 14.4 Å². The first-order valence-electron chi connectivity index (χ1n) is 10.9. The van der Waals surface area contributed by atoms with E-state index in [0.29, 0.717) is 24.5 Å². The first kappa shape index (κ1) is 23.3. The molecule has 3 rings (SSSR count). The van der Waals surface area contributed by atoms with Crippen molar-refractivity contribution in [3.05, 3.63) is 48.8 Å². The molecule has 0 bridgehead atoms. The summed E-state index contributed by atoms with van der Waals surface area (Å²) in [6.45, 7) is 3.38. The summed E-state index contributed by atoms with van der Waals surface area (Å²) in [7, 11) is 1.62. The van der Waals surface area contributed by atoms with Crippen molar-refractivity contribution in [2.45, 2.75) is 39.0 Å². The van der Waals surface area contributed by atoms with Gasteiger partial charge in [0.05, 0.1) is 19.2 Å². The molecule has 0 fully saturated rings. The van der Waals surface area contributed by atoms with E-state index in [4.69, 9.17) is 14.7 Å². The van der Waals surface area contributed by atoms with Crippen molar-refractivity contribution in [1.82, 2.24) is 15.4 Å². The van der Waals surface area contributed by atoms with Gasteiger partial charge in [-0.15, -0.1) is 0 Å². The van der Waals surface area contributed by atoms with Gasteiger partial charge in [0.2, 0.25) is 5.91 Å². The van der Waals surface area contributed by atoms with E-state index >= 15 is 0 Å². The first-order chi connectivity index (χ1) is 15.7. The Morgan fingerprint density at radius 1 is 1.06 bits per heavy atom. The number of amides is 1. The SMILES string of the molecule is CCN(c1ccccc1)c1ncnc2cc(OC)c(OCCCCCCC(=O)NO)cc12. The van der Waals surface area contributed by atoms with E-state index in [-0.39, 0.29) is 5.91 Å². The Morgan fingerprint density at radius 2 is 1.84 bits per heavy atom. The molecule has 0 atom stereocenters. The number of hydrogen-bond acceptors (Lipinski definition) is 7. The van der Waals surface area contributed by atoms with Gasteiger partial charge in [0.25, 0.3) is 0 Å². The van der Waals surface area contributed by atoms with Gasteiger partial charge in [-0.25, -0.2) is 15.4 Å². The maximum atomic E-state index is 11.0. The van der Waals surface area contributed by atoms with E-state index in [1.807, 2.05) is 30.3 Å². The minimum atomic E-state index is -0.350. The number of aromatic nitrogens is 2. The highest BCUT2D eigenvalue weighted by Gasteiger charge is 2.16. The summed E-state index contributed by atoms with van der Waals surface area (Å²) in [4.78, 5) is 22.2. The Bertz CT molecular complexity index is 1010. The third kappa shape index (κ3) is 5.85. The average molecular weight is 439 g/mol. The number of fused-ring (bicyclic) bond motifs is 1. The summed E-state index contributed by atoms with van der Waals surface area (Å²) in [5.74, 6) is 1.75. The molecule has 8 heteroatoms. The number of carbonyl (C=O) groups is 1. The number of carbonyl (C=O) groups excluding carboxylic acids is 1. The molecule has 0 spiro atoms. The first-order valence-corrected chi connectivity index (χ1v) is 10.9. The molecule has 1 aromatic heterocycles. The third-order valence-corrected chi connectivity index (χ3v) is 5.22. The van der Waals surface area contributed by atoms with Gasteiger partial charge in [-0.05, 0) is 38.0 Å². The Kier molecular flexibility index (Phi) is 8.62. The van der Waals surface area contributed by atoms with Crippen LogP contribution in [0.4, 0.5) is 11.5 Å². The van der Waals surface area contributed by atoms with Crippen LogP contribution in [0, 0.1) is 0 Å². The summed E-state index contributed by atoms with van der Waals surface area (Å²) >= 11 is 0. The van der Waals surface area contributed by atoms with E-state index in [1.54, 1.807) is 18.9 Å². The van der Waals surface area contributed by atoms with Crippen molar-refractivity contribution >= 4 is 28.3 Å². The van der Waals surface area contributed by atoms with Gasteiger partial charge in [0.1, 0.15) is 12.1 Å². The zero-order valence-electron chi connectivity index (χ0n) is 18.6. The van der Waals surface area contributed by atoms with Crippen molar-refractivity contribution in [2.24, 2.45) is 0 Å². The lowest BCUT2D eigenvalue weighted by molar-refractivity contribution is -0.129. The van der Waals surface area contributed by atoms with Crippen LogP contribution >= 0.6 is 0 Å². The Morgan fingerprint density at radius 3 is 2.56 bits per heavy atom. The largest absolute Gasteiger partial charge is 0.493 e. The number of hydroxylamine groups is 1. The second-order valence-corrected chi connectivity index (χ2v) is 7.34. The zero-order chi connectivity index (χ0) is 22.8. The van der Waals surface area contributed by atoms with Crippen molar-refractivity contribution < 1.29 is 19.5 Å². The summed E-state index contributed by atoms with van der Waals surface area (Å²) in [6.07, 6.45) is 5.31.